The molecule has 208 valence electrons. The Hall–Kier alpha value is -3.12. The van der Waals surface area contributed by atoms with Crippen molar-refractivity contribution in [3.05, 3.63) is 132 Å². The molecule has 1 fully saturated rings. The van der Waals surface area contributed by atoms with Crippen molar-refractivity contribution in [3.63, 3.8) is 0 Å². The van der Waals surface area contributed by atoms with Gasteiger partial charge in [0.2, 0.25) is 5.91 Å². The van der Waals surface area contributed by atoms with Gasteiger partial charge >= 0.3 is 0 Å². The normalized spacial score (nSPS) is 22.0. The van der Waals surface area contributed by atoms with Crippen LogP contribution in [0.4, 0.5) is 0 Å². The minimum atomic E-state index is 0.106. The lowest BCUT2D eigenvalue weighted by atomic mass is 9.84. The molecule has 0 bridgehead atoms. The molecule has 40 heavy (non-hydrogen) atoms. The van der Waals surface area contributed by atoms with Crippen molar-refractivity contribution in [2.75, 3.05) is 39.1 Å². The molecule has 1 heterocycles. The zero-order valence-electron chi connectivity index (χ0n) is 23.5. The molecule has 2 aliphatic rings. The largest absolute Gasteiger partial charge is 0.383 e. The third-order valence-corrected chi connectivity index (χ3v) is 9.49. The third-order valence-electron chi connectivity index (χ3n) is 8.13. The van der Waals surface area contributed by atoms with Crippen LogP contribution in [0.1, 0.15) is 34.9 Å². The molecule has 1 saturated heterocycles. The smallest absolute Gasteiger partial charge is 0.232 e. The molecule has 4 atom stereocenters. The molecule has 0 N–H and O–H groups in total. The van der Waals surface area contributed by atoms with Crippen molar-refractivity contribution in [2.45, 2.75) is 24.3 Å². The van der Waals surface area contributed by atoms with Gasteiger partial charge in [0.1, 0.15) is 0 Å². The van der Waals surface area contributed by atoms with Gasteiger partial charge in [-0.05, 0) is 28.5 Å². The second-order valence-corrected chi connectivity index (χ2v) is 11.9. The predicted octanol–water partition coefficient (Wildman–Crippen LogP) is 6.79. The van der Waals surface area contributed by atoms with Gasteiger partial charge in [0.05, 0.1) is 24.4 Å². The van der Waals surface area contributed by atoms with Gasteiger partial charge in [0, 0.05) is 32.0 Å². The number of ether oxygens (including phenoxy) is 1. The van der Waals surface area contributed by atoms with E-state index in [1.165, 1.54) is 16.7 Å². The van der Waals surface area contributed by atoms with Gasteiger partial charge in [-0.3, -0.25) is 9.69 Å². The highest BCUT2D eigenvalue weighted by Gasteiger charge is 2.36. The first-order valence-corrected chi connectivity index (χ1v) is 15.3. The van der Waals surface area contributed by atoms with Crippen LogP contribution in [0.2, 0.25) is 0 Å². The van der Waals surface area contributed by atoms with Gasteiger partial charge in [-0.25, -0.2) is 0 Å². The molecule has 0 spiro atoms. The average molecular weight is 553 g/mol. The zero-order valence-corrected chi connectivity index (χ0v) is 24.3. The highest BCUT2D eigenvalue weighted by atomic mass is 32.2. The number of allylic oxidation sites excluding steroid dienone is 4. The lowest BCUT2D eigenvalue weighted by Crippen LogP contribution is -2.57. The van der Waals surface area contributed by atoms with Crippen LogP contribution in [0.5, 0.6) is 0 Å². The molecule has 5 rings (SSSR count). The van der Waals surface area contributed by atoms with Crippen molar-refractivity contribution in [2.24, 2.45) is 11.8 Å². The van der Waals surface area contributed by atoms with E-state index in [2.05, 4.69) is 132 Å². The fourth-order valence-corrected chi connectivity index (χ4v) is 7.47. The van der Waals surface area contributed by atoms with Gasteiger partial charge in [0.25, 0.3) is 0 Å². The highest BCUT2D eigenvalue weighted by Crippen LogP contribution is 2.42. The summed E-state index contributed by atoms with van der Waals surface area (Å²) in [6.45, 7) is 5.04. The summed E-state index contributed by atoms with van der Waals surface area (Å²) in [5.41, 5.74) is 3.81. The van der Waals surface area contributed by atoms with Crippen LogP contribution in [0, 0.1) is 11.8 Å². The van der Waals surface area contributed by atoms with Crippen molar-refractivity contribution in [3.8, 4) is 0 Å². The Morgan fingerprint density at radius 1 is 0.850 bits per heavy atom. The molecule has 0 aromatic heterocycles. The van der Waals surface area contributed by atoms with Crippen molar-refractivity contribution in [1.29, 1.82) is 0 Å². The Labute approximate surface area is 243 Å². The summed E-state index contributed by atoms with van der Waals surface area (Å²) in [7, 11) is 1.76. The number of rotatable bonds is 10. The van der Waals surface area contributed by atoms with E-state index in [0.717, 1.165) is 6.54 Å². The minimum absolute atomic E-state index is 0.106. The summed E-state index contributed by atoms with van der Waals surface area (Å²) in [6.07, 6.45) is 8.86. The number of benzene rings is 3. The van der Waals surface area contributed by atoms with Crippen LogP contribution in [-0.4, -0.2) is 60.9 Å². The number of nitrogens with zero attached hydrogens (tertiary/aromatic N) is 2. The Kier molecular flexibility index (Phi) is 9.93. The van der Waals surface area contributed by atoms with Gasteiger partial charge in [-0.15, -0.1) is 11.8 Å². The van der Waals surface area contributed by atoms with Crippen LogP contribution in [-0.2, 0) is 9.53 Å². The first kappa shape index (κ1) is 28.4. The fraction of sp³-hybridized carbons (Fsp3) is 0.343. The lowest BCUT2D eigenvalue weighted by Gasteiger charge is -2.45. The van der Waals surface area contributed by atoms with Crippen molar-refractivity contribution < 1.29 is 9.53 Å². The molecular weight excluding hydrogens is 512 g/mol. The Morgan fingerprint density at radius 2 is 1.43 bits per heavy atom. The van der Waals surface area contributed by atoms with Crippen LogP contribution in [0.15, 0.2) is 115 Å². The fourth-order valence-electron chi connectivity index (χ4n) is 6.06. The molecule has 3 aromatic carbocycles. The van der Waals surface area contributed by atoms with E-state index in [-0.39, 0.29) is 23.2 Å². The number of methoxy groups -OCH3 is 1. The van der Waals surface area contributed by atoms with Crippen LogP contribution >= 0.6 is 11.8 Å². The minimum Gasteiger partial charge on any atom is -0.383 e. The number of piperazine rings is 1. The van der Waals surface area contributed by atoms with E-state index in [1.54, 1.807) is 18.9 Å². The summed E-state index contributed by atoms with van der Waals surface area (Å²) >= 11 is 1.78. The number of hydrogen-bond acceptors (Lipinski definition) is 4. The van der Waals surface area contributed by atoms with Crippen LogP contribution in [0.25, 0.3) is 0 Å². The summed E-state index contributed by atoms with van der Waals surface area (Å²) in [5.74, 6) is 1.48. The standard InChI is InChI=1S/C35H40N2O2S/c1-27-14-12-13-21-32(27)35(30-19-10-5-11-20-30)40-26-33(38)36-22-23-37(31(24-36)25-39-2)34(28-15-6-3-7-16-28)29-17-8-4-9-18-29/h3-21,27,31-32,34-35H,22-26H2,1-2H3. The van der Waals surface area contributed by atoms with Gasteiger partial charge in [-0.2, -0.15) is 0 Å². The molecule has 4 unspecified atom stereocenters. The summed E-state index contributed by atoms with van der Waals surface area (Å²) in [6, 6.07) is 32.2. The van der Waals surface area contributed by atoms with Crippen LogP contribution in [0.3, 0.4) is 0 Å². The highest BCUT2D eigenvalue weighted by molar-refractivity contribution is 8.00. The molecule has 1 aliphatic heterocycles. The molecule has 3 aromatic rings. The van der Waals surface area contributed by atoms with Gasteiger partial charge < -0.3 is 9.64 Å². The molecular formula is C35H40N2O2S. The summed E-state index contributed by atoms with van der Waals surface area (Å²) in [5, 5.41) is 0.234. The number of carbonyl (C=O) groups is 1. The molecule has 1 amide bonds. The SMILES string of the molecule is COCC1CN(C(=O)CSC(c2ccccc2)C2C=CC=CC2C)CCN1C(c1ccccc1)c1ccccc1. The van der Waals surface area contributed by atoms with E-state index in [9.17, 15) is 4.79 Å². The summed E-state index contributed by atoms with van der Waals surface area (Å²) < 4.78 is 5.71. The lowest BCUT2D eigenvalue weighted by molar-refractivity contribution is -0.132. The maximum absolute atomic E-state index is 13.7. The zero-order chi connectivity index (χ0) is 27.7. The maximum Gasteiger partial charge on any atom is 0.232 e. The number of carbonyl (C=O) groups excluding carboxylic acids is 1. The Morgan fingerprint density at radius 3 is 2.00 bits per heavy atom. The van der Waals surface area contributed by atoms with E-state index in [0.29, 0.717) is 37.3 Å². The third kappa shape index (κ3) is 6.77. The average Bonchev–Trinajstić information content (AvgIpc) is 3.00. The van der Waals surface area contributed by atoms with E-state index < -0.39 is 0 Å². The van der Waals surface area contributed by atoms with Crippen molar-refractivity contribution >= 4 is 17.7 Å². The molecule has 4 nitrogen and oxygen atoms in total. The monoisotopic (exact) mass is 552 g/mol. The van der Waals surface area contributed by atoms with E-state index in [1.807, 2.05) is 0 Å². The number of thioether (sulfide) groups is 1. The van der Waals surface area contributed by atoms with Crippen LogP contribution < -0.4 is 0 Å². The number of amides is 1. The molecule has 0 saturated carbocycles. The quantitative estimate of drug-likeness (QED) is 0.277. The van der Waals surface area contributed by atoms with Gasteiger partial charge in [-0.1, -0.05) is 122 Å². The second kappa shape index (κ2) is 14.0. The predicted molar refractivity (Wildman–Crippen MR) is 166 cm³/mol. The van der Waals surface area contributed by atoms with Crippen molar-refractivity contribution in [1.82, 2.24) is 9.80 Å². The molecule has 1 aliphatic carbocycles. The maximum atomic E-state index is 13.7. The topological polar surface area (TPSA) is 32.8 Å². The first-order chi connectivity index (χ1) is 19.7. The Balaban J connectivity index is 1.31. The van der Waals surface area contributed by atoms with Gasteiger partial charge in [0.15, 0.2) is 0 Å². The van der Waals surface area contributed by atoms with E-state index in [4.69, 9.17) is 4.74 Å². The Bertz CT molecular complexity index is 1220. The first-order valence-electron chi connectivity index (χ1n) is 14.3. The van der Waals surface area contributed by atoms with E-state index >= 15 is 0 Å². The molecule has 0 radical (unpaired) electrons. The molecule has 5 heteroatoms. The number of hydrogen-bond donors (Lipinski definition) is 0. The second-order valence-electron chi connectivity index (χ2n) is 10.8. The summed E-state index contributed by atoms with van der Waals surface area (Å²) in [4.78, 5) is 18.3.